The van der Waals surface area contributed by atoms with E-state index in [1.54, 1.807) is 23.9 Å². The Morgan fingerprint density at radius 3 is 2.87 bits per heavy atom. The van der Waals surface area contributed by atoms with E-state index in [9.17, 15) is 4.79 Å². The predicted molar refractivity (Wildman–Crippen MR) is 67.0 cm³/mol. The maximum absolute atomic E-state index is 10.8. The third kappa shape index (κ3) is 3.88. The predicted octanol–water partition coefficient (Wildman–Crippen LogP) is 4.29. The van der Waals surface area contributed by atoms with Gasteiger partial charge in [0.2, 0.25) is 0 Å². The molecule has 1 aromatic carbocycles. The smallest absolute Gasteiger partial charge is 0.151 e. The van der Waals surface area contributed by atoms with E-state index < -0.39 is 0 Å². The molecule has 0 aromatic heterocycles. The van der Waals surface area contributed by atoms with Gasteiger partial charge in [0.15, 0.2) is 6.29 Å². The van der Waals surface area contributed by atoms with Crippen molar-refractivity contribution in [2.75, 3.05) is 5.75 Å². The fourth-order valence-electron chi connectivity index (χ4n) is 1.08. The quantitative estimate of drug-likeness (QED) is 0.566. The van der Waals surface area contributed by atoms with Gasteiger partial charge in [-0.2, -0.15) is 0 Å². The van der Waals surface area contributed by atoms with Crippen molar-refractivity contribution in [2.45, 2.75) is 25.2 Å². The normalized spacial score (nSPS) is 12.5. The van der Waals surface area contributed by atoms with Crippen molar-refractivity contribution >= 4 is 29.6 Å². The SMILES string of the molecule is CCC(C)CSc1cc(Cl)ccc1C=O. The molecule has 1 unspecified atom stereocenters. The maximum Gasteiger partial charge on any atom is 0.151 e. The first-order chi connectivity index (χ1) is 7.17. The van der Waals surface area contributed by atoms with Crippen LogP contribution in [0.5, 0.6) is 0 Å². The summed E-state index contributed by atoms with van der Waals surface area (Å²) < 4.78 is 0. The molecule has 0 aliphatic heterocycles. The van der Waals surface area contributed by atoms with Gasteiger partial charge in [-0.05, 0) is 24.1 Å². The zero-order chi connectivity index (χ0) is 11.3. The first-order valence-corrected chi connectivity index (χ1v) is 6.41. The van der Waals surface area contributed by atoms with Gasteiger partial charge in [-0.25, -0.2) is 0 Å². The topological polar surface area (TPSA) is 17.1 Å². The van der Waals surface area contributed by atoms with Gasteiger partial charge in [0.25, 0.3) is 0 Å². The first-order valence-electron chi connectivity index (χ1n) is 5.05. The van der Waals surface area contributed by atoms with Crippen molar-refractivity contribution in [1.82, 2.24) is 0 Å². The van der Waals surface area contributed by atoms with Gasteiger partial charge in [-0.3, -0.25) is 4.79 Å². The van der Waals surface area contributed by atoms with Crippen molar-refractivity contribution in [3.05, 3.63) is 28.8 Å². The minimum atomic E-state index is 0.661. The summed E-state index contributed by atoms with van der Waals surface area (Å²) in [5.41, 5.74) is 0.729. The lowest BCUT2D eigenvalue weighted by Crippen LogP contribution is -1.96. The molecule has 0 bridgehead atoms. The number of benzene rings is 1. The zero-order valence-electron chi connectivity index (χ0n) is 9.00. The molecule has 0 aliphatic rings. The average Bonchev–Trinajstić information content (AvgIpc) is 2.26. The Balaban J connectivity index is 2.74. The summed E-state index contributed by atoms with van der Waals surface area (Å²) in [4.78, 5) is 11.8. The maximum atomic E-state index is 10.8. The number of halogens is 1. The van der Waals surface area contributed by atoms with E-state index >= 15 is 0 Å². The van der Waals surface area contributed by atoms with E-state index in [2.05, 4.69) is 13.8 Å². The minimum absolute atomic E-state index is 0.661. The van der Waals surface area contributed by atoms with E-state index in [1.807, 2.05) is 6.07 Å². The summed E-state index contributed by atoms with van der Waals surface area (Å²) in [7, 11) is 0. The van der Waals surface area contributed by atoms with Gasteiger partial charge in [0.05, 0.1) is 0 Å². The van der Waals surface area contributed by atoms with Crippen LogP contribution in [0.1, 0.15) is 30.6 Å². The molecule has 0 N–H and O–H groups in total. The summed E-state index contributed by atoms with van der Waals surface area (Å²) in [5.74, 6) is 1.69. The van der Waals surface area contributed by atoms with Crippen LogP contribution < -0.4 is 0 Å². The molecule has 0 spiro atoms. The van der Waals surface area contributed by atoms with E-state index in [1.165, 1.54) is 0 Å². The molecule has 0 saturated carbocycles. The Morgan fingerprint density at radius 2 is 2.27 bits per heavy atom. The molecule has 0 heterocycles. The molecule has 1 rings (SSSR count). The number of carbonyl (C=O) groups is 1. The molecular formula is C12H15ClOS. The number of rotatable bonds is 5. The van der Waals surface area contributed by atoms with Crippen molar-refractivity contribution in [3.8, 4) is 0 Å². The number of aldehydes is 1. The Kier molecular flexibility index (Phi) is 5.20. The highest BCUT2D eigenvalue weighted by Gasteiger charge is 2.05. The summed E-state index contributed by atoms with van der Waals surface area (Å²) in [6, 6.07) is 5.38. The van der Waals surface area contributed by atoms with Gasteiger partial charge in [0.1, 0.15) is 0 Å². The standard InChI is InChI=1S/C12H15ClOS/c1-3-9(2)8-15-12-6-11(13)5-4-10(12)7-14/h4-7,9H,3,8H2,1-2H3. The lowest BCUT2D eigenvalue weighted by molar-refractivity contribution is 0.112. The highest BCUT2D eigenvalue weighted by molar-refractivity contribution is 7.99. The summed E-state index contributed by atoms with van der Waals surface area (Å²) in [6.45, 7) is 4.38. The van der Waals surface area contributed by atoms with Gasteiger partial charge in [-0.1, -0.05) is 31.9 Å². The molecule has 3 heteroatoms. The van der Waals surface area contributed by atoms with Crippen LogP contribution in [0.15, 0.2) is 23.1 Å². The lowest BCUT2D eigenvalue weighted by Gasteiger charge is -2.09. The van der Waals surface area contributed by atoms with Gasteiger partial charge >= 0.3 is 0 Å². The van der Waals surface area contributed by atoms with E-state index in [4.69, 9.17) is 11.6 Å². The molecule has 15 heavy (non-hydrogen) atoms. The molecule has 0 fully saturated rings. The lowest BCUT2D eigenvalue weighted by atomic mass is 10.2. The van der Waals surface area contributed by atoms with Crippen LogP contribution in [-0.4, -0.2) is 12.0 Å². The molecular weight excluding hydrogens is 228 g/mol. The number of thioether (sulfide) groups is 1. The van der Waals surface area contributed by atoms with Crippen molar-refractivity contribution < 1.29 is 4.79 Å². The zero-order valence-corrected chi connectivity index (χ0v) is 10.6. The third-order valence-corrected chi connectivity index (χ3v) is 3.96. The van der Waals surface area contributed by atoms with Crippen LogP contribution in [0.4, 0.5) is 0 Å². The molecule has 1 nitrogen and oxygen atoms in total. The van der Waals surface area contributed by atoms with Gasteiger partial charge in [-0.15, -0.1) is 11.8 Å². The van der Waals surface area contributed by atoms with Crippen molar-refractivity contribution in [2.24, 2.45) is 5.92 Å². The summed E-state index contributed by atoms with van der Waals surface area (Å²) in [6.07, 6.45) is 2.04. The third-order valence-electron chi connectivity index (χ3n) is 2.32. The average molecular weight is 243 g/mol. The number of hydrogen-bond donors (Lipinski definition) is 0. The fourth-order valence-corrected chi connectivity index (χ4v) is 2.51. The Labute approximate surface area is 100 Å². The fraction of sp³-hybridized carbons (Fsp3) is 0.417. The van der Waals surface area contributed by atoms with Crippen LogP contribution in [-0.2, 0) is 0 Å². The van der Waals surface area contributed by atoms with E-state index in [0.717, 1.165) is 28.9 Å². The highest BCUT2D eigenvalue weighted by atomic mass is 35.5. The van der Waals surface area contributed by atoms with E-state index in [-0.39, 0.29) is 0 Å². The molecule has 0 aliphatic carbocycles. The number of hydrogen-bond acceptors (Lipinski definition) is 2. The summed E-state index contributed by atoms with van der Waals surface area (Å²) in [5, 5.41) is 0.687. The monoisotopic (exact) mass is 242 g/mol. The number of carbonyl (C=O) groups excluding carboxylic acids is 1. The van der Waals surface area contributed by atoms with Crippen LogP contribution in [0.3, 0.4) is 0 Å². The van der Waals surface area contributed by atoms with Gasteiger partial charge < -0.3 is 0 Å². The summed E-state index contributed by atoms with van der Waals surface area (Å²) >= 11 is 7.60. The highest BCUT2D eigenvalue weighted by Crippen LogP contribution is 2.27. The minimum Gasteiger partial charge on any atom is -0.298 e. The van der Waals surface area contributed by atoms with Crippen LogP contribution in [0.25, 0.3) is 0 Å². The Hall–Kier alpha value is -0.470. The van der Waals surface area contributed by atoms with Crippen molar-refractivity contribution in [1.29, 1.82) is 0 Å². The molecule has 82 valence electrons. The second kappa shape index (κ2) is 6.19. The molecule has 0 radical (unpaired) electrons. The molecule has 1 aromatic rings. The second-order valence-electron chi connectivity index (χ2n) is 3.62. The second-order valence-corrected chi connectivity index (χ2v) is 5.12. The van der Waals surface area contributed by atoms with E-state index in [0.29, 0.717) is 10.9 Å². The molecule has 0 saturated heterocycles. The van der Waals surface area contributed by atoms with Crippen LogP contribution in [0, 0.1) is 5.92 Å². The molecule has 0 amide bonds. The van der Waals surface area contributed by atoms with Crippen molar-refractivity contribution in [3.63, 3.8) is 0 Å². The van der Waals surface area contributed by atoms with Crippen LogP contribution >= 0.6 is 23.4 Å². The van der Waals surface area contributed by atoms with Crippen LogP contribution in [0.2, 0.25) is 5.02 Å². The largest absolute Gasteiger partial charge is 0.298 e. The first kappa shape index (κ1) is 12.6. The Morgan fingerprint density at radius 1 is 1.53 bits per heavy atom. The van der Waals surface area contributed by atoms with Gasteiger partial charge in [0, 0.05) is 21.2 Å². The Bertz CT molecular complexity index is 338. The molecule has 1 atom stereocenters.